The Morgan fingerprint density at radius 2 is 1.79 bits per heavy atom. The van der Waals surface area contributed by atoms with Crippen LogP contribution in [0.4, 0.5) is 0 Å². The average molecular weight is 580 g/mol. The zero-order valence-electron chi connectivity index (χ0n) is 17.8. The molecule has 0 bridgehead atoms. The van der Waals surface area contributed by atoms with Crippen molar-refractivity contribution in [1.82, 2.24) is 0 Å². The number of aryl methyl sites for hydroxylation is 1. The lowest BCUT2D eigenvalue weighted by Crippen LogP contribution is -2.21. The number of carbonyl (C=O) groups is 1. The molecule has 168 valence electrons. The fraction of sp³-hybridized carbons (Fsp3) is 0.0769. The van der Waals surface area contributed by atoms with Gasteiger partial charge in [-0.1, -0.05) is 50.1 Å². The highest BCUT2D eigenvalue weighted by Gasteiger charge is 2.31. The molecular formula is C26H16Br2N2O4. The van der Waals surface area contributed by atoms with Gasteiger partial charge in [0.25, 0.3) is 0 Å². The van der Waals surface area contributed by atoms with Crippen molar-refractivity contribution >= 4 is 48.8 Å². The van der Waals surface area contributed by atoms with Crippen LogP contribution < -0.4 is 15.2 Å². The first-order valence-electron chi connectivity index (χ1n) is 10.2. The number of allylic oxidation sites excluding steroid dienone is 1. The van der Waals surface area contributed by atoms with Gasteiger partial charge < -0.3 is 19.6 Å². The van der Waals surface area contributed by atoms with Gasteiger partial charge in [-0.3, -0.25) is 0 Å². The lowest BCUT2D eigenvalue weighted by atomic mass is 9.83. The van der Waals surface area contributed by atoms with E-state index in [-0.39, 0.29) is 17.4 Å². The van der Waals surface area contributed by atoms with Crippen LogP contribution in [0.1, 0.15) is 33.2 Å². The average Bonchev–Trinajstić information content (AvgIpc) is 3.14. The molecule has 0 amide bonds. The standard InChI is InChI=1S/C26H16Br2N2O4/c1-13-19-10-16(28)6-9-21(19)33-24(13)26(31)32-17-7-8-18-22(11-17)34-25(30)20(12-29)23(18)14-2-4-15(27)5-3-14/h2-11,23H,30H2,1H3. The number of furan rings is 1. The van der Waals surface area contributed by atoms with E-state index in [4.69, 9.17) is 19.6 Å². The summed E-state index contributed by atoms with van der Waals surface area (Å²) in [5, 5.41) is 10.5. The maximum absolute atomic E-state index is 12.9. The zero-order valence-corrected chi connectivity index (χ0v) is 20.9. The smallest absolute Gasteiger partial charge is 0.379 e. The van der Waals surface area contributed by atoms with Gasteiger partial charge in [0.05, 0.1) is 5.92 Å². The number of fused-ring (bicyclic) bond motifs is 2. The van der Waals surface area contributed by atoms with Crippen molar-refractivity contribution in [1.29, 1.82) is 5.26 Å². The van der Waals surface area contributed by atoms with Gasteiger partial charge in [-0.05, 0) is 48.9 Å². The molecule has 1 unspecified atom stereocenters. The molecule has 2 N–H and O–H groups in total. The first-order chi connectivity index (χ1) is 16.4. The maximum atomic E-state index is 12.9. The molecule has 1 aliphatic heterocycles. The summed E-state index contributed by atoms with van der Waals surface area (Å²) in [6.45, 7) is 1.81. The largest absolute Gasteiger partial charge is 0.449 e. The zero-order chi connectivity index (χ0) is 24.0. The molecule has 4 aromatic rings. The minimum Gasteiger partial charge on any atom is -0.449 e. The van der Waals surface area contributed by atoms with Crippen molar-refractivity contribution in [2.45, 2.75) is 12.8 Å². The van der Waals surface area contributed by atoms with Gasteiger partial charge in [-0.2, -0.15) is 5.26 Å². The molecule has 2 heterocycles. The number of ether oxygens (including phenoxy) is 2. The molecule has 0 aliphatic carbocycles. The number of nitrogens with zero attached hydrogens (tertiary/aromatic N) is 1. The van der Waals surface area contributed by atoms with Gasteiger partial charge in [0.15, 0.2) is 0 Å². The first-order valence-corrected chi connectivity index (χ1v) is 11.8. The van der Waals surface area contributed by atoms with E-state index in [0.29, 0.717) is 22.5 Å². The summed E-state index contributed by atoms with van der Waals surface area (Å²) in [5.41, 5.74) is 9.33. The molecule has 34 heavy (non-hydrogen) atoms. The molecule has 8 heteroatoms. The van der Waals surface area contributed by atoms with Gasteiger partial charge in [0.1, 0.15) is 28.7 Å². The second-order valence-electron chi connectivity index (χ2n) is 7.76. The molecule has 0 spiro atoms. The van der Waals surface area contributed by atoms with E-state index in [1.807, 2.05) is 43.3 Å². The number of nitrogens with two attached hydrogens (primary N) is 1. The monoisotopic (exact) mass is 578 g/mol. The minimum atomic E-state index is -0.619. The molecule has 0 radical (unpaired) electrons. The number of esters is 1. The van der Waals surface area contributed by atoms with E-state index in [0.717, 1.165) is 25.5 Å². The van der Waals surface area contributed by atoms with Crippen molar-refractivity contribution in [2.75, 3.05) is 0 Å². The van der Waals surface area contributed by atoms with Crippen LogP contribution in [-0.2, 0) is 0 Å². The van der Waals surface area contributed by atoms with Crippen LogP contribution in [0.2, 0.25) is 0 Å². The quantitative estimate of drug-likeness (QED) is 0.214. The Morgan fingerprint density at radius 1 is 1.06 bits per heavy atom. The van der Waals surface area contributed by atoms with Crippen LogP contribution in [0.3, 0.4) is 0 Å². The number of rotatable bonds is 3. The van der Waals surface area contributed by atoms with Crippen LogP contribution in [0.25, 0.3) is 11.0 Å². The SMILES string of the molecule is Cc1c(C(=O)Oc2ccc3c(c2)OC(N)=C(C#N)C3c2ccc(Br)cc2)oc2ccc(Br)cc12. The predicted molar refractivity (Wildman–Crippen MR) is 133 cm³/mol. The van der Waals surface area contributed by atoms with Crippen LogP contribution in [0.15, 0.2) is 85.5 Å². The highest BCUT2D eigenvalue weighted by Crippen LogP contribution is 2.43. The Morgan fingerprint density at radius 3 is 2.53 bits per heavy atom. The third kappa shape index (κ3) is 3.87. The number of halogens is 2. The number of carbonyl (C=O) groups excluding carboxylic acids is 1. The van der Waals surface area contributed by atoms with Crippen LogP contribution in [0, 0.1) is 18.3 Å². The second kappa shape index (κ2) is 8.67. The number of hydrogen-bond acceptors (Lipinski definition) is 6. The van der Waals surface area contributed by atoms with E-state index in [2.05, 4.69) is 37.9 Å². The Bertz CT molecular complexity index is 1530. The minimum absolute atomic E-state index is 0.0186. The molecular weight excluding hydrogens is 564 g/mol. The molecule has 5 rings (SSSR count). The topological polar surface area (TPSA) is 98.5 Å². The Kier molecular flexibility index (Phi) is 5.68. The van der Waals surface area contributed by atoms with E-state index in [1.54, 1.807) is 24.3 Å². The number of nitriles is 1. The Labute approximate surface area is 211 Å². The molecule has 1 aliphatic rings. The van der Waals surface area contributed by atoms with Gasteiger partial charge in [0, 0.05) is 31.5 Å². The second-order valence-corrected chi connectivity index (χ2v) is 9.59. The Balaban J connectivity index is 1.49. The lowest BCUT2D eigenvalue weighted by molar-refractivity contribution is 0.0702. The van der Waals surface area contributed by atoms with Crippen LogP contribution >= 0.6 is 31.9 Å². The van der Waals surface area contributed by atoms with Crippen molar-refractivity contribution in [3.05, 3.63) is 104 Å². The third-order valence-corrected chi connectivity index (χ3v) is 6.71. The van der Waals surface area contributed by atoms with E-state index in [9.17, 15) is 10.1 Å². The molecule has 6 nitrogen and oxygen atoms in total. The molecule has 1 aromatic heterocycles. The van der Waals surface area contributed by atoms with Gasteiger partial charge in [-0.25, -0.2) is 4.79 Å². The molecule has 1 atom stereocenters. The fourth-order valence-electron chi connectivity index (χ4n) is 4.04. The van der Waals surface area contributed by atoms with Crippen molar-refractivity contribution in [3.8, 4) is 17.6 Å². The molecule has 0 saturated carbocycles. The predicted octanol–water partition coefficient (Wildman–Crippen LogP) is 6.70. The summed E-state index contributed by atoms with van der Waals surface area (Å²) in [5.74, 6) is -0.183. The first kappa shape index (κ1) is 22.3. The van der Waals surface area contributed by atoms with Gasteiger partial charge in [-0.15, -0.1) is 0 Å². The summed E-state index contributed by atoms with van der Waals surface area (Å²) >= 11 is 6.86. The van der Waals surface area contributed by atoms with Crippen LogP contribution in [0.5, 0.6) is 11.5 Å². The summed E-state index contributed by atoms with van der Waals surface area (Å²) < 4.78 is 18.9. The fourth-order valence-corrected chi connectivity index (χ4v) is 4.66. The lowest BCUT2D eigenvalue weighted by Gasteiger charge is -2.26. The normalized spacial score (nSPS) is 14.9. The molecule has 0 fully saturated rings. The number of hydrogen-bond donors (Lipinski definition) is 1. The molecule has 3 aromatic carbocycles. The van der Waals surface area contributed by atoms with Gasteiger partial charge >= 0.3 is 5.97 Å². The van der Waals surface area contributed by atoms with Gasteiger partial charge in [0.2, 0.25) is 11.6 Å². The summed E-state index contributed by atoms with van der Waals surface area (Å²) in [7, 11) is 0. The van der Waals surface area contributed by atoms with Crippen molar-refractivity contribution in [3.63, 3.8) is 0 Å². The van der Waals surface area contributed by atoms with E-state index in [1.165, 1.54) is 0 Å². The summed E-state index contributed by atoms with van der Waals surface area (Å²) in [6, 6.07) is 20.4. The van der Waals surface area contributed by atoms with E-state index < -0.39 is 11.9 Å². The summed E-state index contributed by atoms with van der Waals surface area (Å²) in [4.78, 5) is 12.9. The maximum Gasteiger partial charge on any atom is 0.379 e. The van der Waals surface area contributed by atoms with E-state index >= 15 is 0 Å². The number of benzene rings is 3. The summed E-state index contributed by atoms with van der Waals surface area (Å²) in [6.07, 6.45) is 0. The Hall–Kier alpha value is -3.54. The third-order valence-electron chi connectivity index (χ3n) is 5.69. The highest BCUT2D eigenvalue weighted by molar-refractivity contribution is 9.10. The van der Waals surface area contributed by atoms with Crippen LogP contribution in [-0.4, -0.2) is 5.97 Å². The highest BCUT2D eigenvalue weighted by atomic mass is 79.9. The van der Waals surface area contributed by atoms with Crippen molar-refractivity contribution < 1.29 is 18.7 Å². The molecule has 0 saturated heterocycles. The van der Waals surface area contributed by atoms with Crippen molar-refractivity contribution in [2.24, 2.45) is 5.73 Å².